The maximum Gasteiger partial charge on any atom is 0.418 e. The summed E-state index contributed by atoms with van der Waals surface area (Å²) < 4.78 is 106. The zero-order valence-corrected chi connectivity index (χ0v) is 12.6. The van der Waals surface area contributed by atoms with Gasteiger partial charge in [-0.3, -0.25) is 4.79 Å². The Labute approximate surface area is 127 Å². The molecule has 1 aromatic rings. The Balaban J connectivity index is 3.72. The second-order valence-corrected chi connectivity index (χ2v) is 6.60. The van der Waals surface area contributed by atoms with Crippen LogP contribution in [0.15, 0.2) is 18.2 Å². The average molecular weight is 382 g/mol. The molecule has 1 rings (SSSR count). The Morgan fingerprint density at radius 2 is 1.57 bits per heavy atom. The van der Waals surface area contributed by atoms with E-state index in [1.165, 1.54) is 0 Å². The summed E-state index contributed by atoms with van der Waals surface area (Å²) >= 11 is 0. The van der Waals surface area contributed by atoms with E-state index in [0.717, 1.165) is 6.92 Å². The summed E-state index contributed by atoms with van der Waals surface area (Å²) in [5.41, 5.74) is -4.32. The van der Waals surface area contributed by atoms with Crippen LogP contribution in [0, 0.1) is 0 Å². The van der Waals surface area contributed by atoms with E-state index in [1.807, 2.05) is 5.32 Å². The smallest absolute Gasteiger partial charge is 0.326 e. The average Bonchev–Trinajstić information content (AvgIpc) is 2.25. The van der Waals surface area contributed by atoms with E-state index in [1.54, 1.807) is 0 Å². The third-order valence-electron chi connectivity index (χ3n) is 2.22. The van der Waals surface area contributed by atoms with Gasteiger partial charge in [0.25, 0.3) is 0 Å². The van der Waals surface area contributed by atoms with E-state index < -0.39 is 53.6 Å². The number of nitrogens with one attached hydrogen (secondary N) is 1. The molecule has 1 aromatic carbocycles. The van der Waals surface area contributed by atoms with E-state index in [-0.39, 0.29) is 12.1 Å². The van der Waals surface area contributed by atoms with Crippen LogP contribution in [0.4, 0.5) is 32.3 Å². The van der Waals surface area contributed by atoms with Crippen LogP contribution in [0.5, 0.6) is 0 Å². The summed E-state index contributed by atoms with van der Waals surface area (Å²) in [5.74, 6) is -0.793. The van der Waals surface area contributed by atoms with Gasteiger partial charge in [-0.25, -0.2) is 0 Å². The molecule has 0 aliphatic carbocycles. The first-order chi connectivity index (χ1) is 10.1. The summed E-state index contributed by atoms with van der Waals surface area (Å²) in [6.07, 6.45) is -5.38. The van der Waals surface area contributed by atoms with Crippen LogP contribution in [0.2, 0.25) is 0 Å². The molecule has 0 spiro atoms. The fourth-order valence-electron chi connectivity index (χ4n) is 1.54. The van der Waals surface area contributed by atoms with Crippen molar-refractivity contribution >= 4 is 38.1 Å². The SMILES string of the molecule is CC(=O)Nc1ccc(N(S(=O)(=O)F)S(=O)(=O)F)c(C(F)(F)F)c1. The number of hydrogen-bond acceptors (Lipinski definition) is 5. The van der Waals surface area contributed by atoms with Crippen LogP contribution >= 0.6 is 0 Å². The highest BCUT2D eigenvalue weighted by Gasteiger charge is 2.43. The molecule has 0 aliphatic rings. The predicted molar refractivity (Wildman–Crippen MR) is 68.3 cm³/mol. The van der Waals surface area contributed by atoms with E-state index in [2.05, 4.69) is 0 Å². The number of nitrogens with zero attached hydrogens (tertiary/aromatic N) is 1. The van der Waals surface area contributed by atoms with Crippen molar-refractivity contribution in [1.29, 1.82) is 0 Å². The Morgan fingerprint density at radius 1 is 1.09 bits per heavy atom. The molecule has 0 atom stereocenters. The van der Waals surface area contributed by atoms with Crippen molar-refractivity contribution in [2.45, 2.75) is 13.1 Å². The number of carbonyl (C=O) groups excluding carboxylic acids is 1. The molecule has 130 valence electrons. The molecule has 0 saturated heterocycles. The molecule has 0 heterocycles. The van der Waals surface area contributed by atoms with Crippen molar-refractivity contribution in [3.8, 4) is 0 Å². The Kier molecular flexibility index (Phi) is 4.91. The van der Waals surface area contributed by atoms with Gasteiger partial charge in [0.2, 0.25) is 5.91 Å². The van der Waals surface area contributed by atoms with Crippen LogP contribution in [0.3, 0.4) is 0 Å². The third-order valence-corrected chi connectivity index (χ3v) is 4.47. The second-order valence-electron chi connectivity index (χ2n) is 3.99. The minimum absolute atomic E-state index is 0.125. The van der Waals surface area contributed by atoms with Gasteiger partial charge in [0.1, 0.15) is 0 Å². The number of hydrogen-bond donors (Lipinski definition) is 1. The largest absolute Gasteiger partial charge is 0.418 e. The number of halogens is 5. The van der Waals surface area contributed by atoms with Gasteiger partial charge < -0.3 is 5.32 Å². The van der Waals surface area contributed by atoms with Crippen LogP contribution < -0.4 is 9.03 Å². The van der Waals surface area contributed by atoms with Crippen molar-refractivity contribution < 1.29 is 42.6 Å². The van der Waals surface area contributed by atoms with Crippen molar-refractivity contribution in [3.63, 3.8) is 0 Å². The van der Waals surface area contributed by atoms with Gasteiger partial charge in [-0.05, 0) is 18.2 Å². The zero-order chi connectivity index (χ0) is 18.2. The number of alkyl halides is 3. The Hall–Kier alpha value is -1.96. The van der Waals surface area contributed by atoms with Crippen LogP contribution in [-0.4, -0.2) is 22.7 Å². The Bertz CT molecular complexity index is 802. The van der Waals surface area contributed by atoms with E-state index in [4.69, 9.17) is 0 Å². The molecular formula is C9H7F5N2O5S2. The minimum Gasteiger partial charge on any atom is -0.326 e. The zero-order valence-electron chi connectivity index (χ0n) is 10.9. The summed E-state index contributed by atoms with van der Waals surface area (Å²) in [6, 6.07) is 0.942. The first kappa shape index (κ1) is 19.1. The number of rotatable bonds is 4. The lowest BCUT2D eigenvalue weighted by atomic mass is 10.1. The van der Waals surface area contributed by atoms with Crippen LogP contribution in [0.1, 0.15) is 12.5 Å². The lowest BCUT2D eigenvalue weighted by molar-refractivity contribution is -0.137. The van der Waals surface area contributed by atoms with Crippen LogP contribution in [0.25, 0.3) is 0 Å². The van der Waals surface area contributed by atoms with Gasteiger partial charge in [0.15, 0.2) is 0 Å². The molecule has 23 heavy (non-hydrogen) atoms. The van der Waals surface area contributed by atoms with Gasteiger partial charge in [-0.1, -0.05) is 7.77 Å². The van der Waals surface area contributed by atoms with Crippen LogP contribution in [-0.2, 0) is 31.8 Å². The molecule has 0 aliphatic heterocycles. The molecule has 0 saturated carbocycles. The fraction of sp³-hybridized carbons (Fsp3) is 0.222. The molecule has 0 fully saturated rings. The van der Waals surface area contributed by atoms with Crippen molar-refractivity contribution in [2.24, 2.45) is 0 Å². The van der Waals surface area contributed by atoms with Crippen molar-refractivity contribution in [3.05, 3.63) is 23.8 Å². The molecule has 0 unspecified atom stereocenters. The highest BCUT2D eigenvalue weighted by Crippen LogP contribution is 2.40. The molecule has 1 amide bonds. The standard InChI is InChI=1S/C9H7F5N2O5S2/c1-5(17)15-6-2-3-8(7(4-6)9(10,11)12)16(22(13,18)19)23(14,20)21/h2-4H,1H3,(H,15,17). The molecular weight excluding hydrogens is 375 g/mol. The quantitative estimate of drug-likeness (QED) is 0.633. The number of anilines is 2. The second kappa shape index (κ2) is 5.92. The first-order valence-electron chi connectivity index (χ1n) is 5.32. The van der Waals surface area contributed by atoms with Gasteiger partial charge in [-0.2, -0.15) is 30.0 Å². The summed E-state index contributed by atoms with van der Waals surface area (Å²) in [4.78, 5) is 10.8. The lowest BCUT2D eigenvalue weighted by Gasteiger charge is -2.20. The van der Waals surface area contributed by atoms with Gasteiger partial charge in [0, 0.05) is 12.6 Å². The normalized spacial score (nSPS) is 12.8. The maximum atomic E-state index is 13.0. The first-order valence-corrected chi connectivity index (χ1v) is 8.00. The number of carbonyl (C=O) groups is 1. The lowest BCUT2D eigenvalue weighted by Crippen LogP contribution is -2.33. The number of benzene rings is 1. The summed E-state index contributed by atoms with van der Waals surface area (Å²) in [7, 11) is -12.8. The van der Waals surface area contributed by atoms with Crippen molar-refractivity contribution in [2.75, 3.05) is 9.03 Å². The molecule has 7 nitrogen and oxygen atoms in total. The molecule has 0 bridgehead atoms. The third kappa shape index (κ3) is 4.75. The molecule has 0 aromatic heterocycles. The molecule has 14 heteroatoms. The monoisotopic (exact) mass is 382 g/mol. The predicted octanol–water partition coefficient (Wildman–Crippen LogP) is 1.90. The van der Waals surface area contributed by atoms with E-state index >= 15 is 0 Å². The Morgan fingerprint density at radius 3 is 1.91 bits per heavy atom. The van der Waals surface area contributed by atoms with E-state index in [0.29, 0.717) is 6.07 Å². The molecule has 0 radical (unpaired) electrons. The van der Waals surface area contributed by atoms with E-state index in [9.17, 15) is 42.6 Å². The van der Waals surface area contributed by atoms with Gasteiger partial charge >= 0.3 is 27.0 Å². The van der Waals surface area contributed by atoms with Gasteiger partial charge in [-0.15, -0.1) is 3.71 Å². The minimum atomic E-state index is -6.41. The summed E-state index contributed by atoms with van der Waals surface area (Å²) in [5, 5.41) is 1.92. The highest BCUT2D eigenvalue weighted by molar-refractivity contribution is 8.05. The maximum absolute atomic E-state index is 13.0. The number of amides is 1. The molecule has 1 N–H and O–H groups in total. The van der Waals surface area contributed by atoms with Gasteiger partial charge in [0.05, 0.1) is 11.3 Å². The highest BCUT2D eigenvalue weighted by atomic mass is 32.3. The topological polar surface area (TPSA) is 101 Å². The summed E-state index contributed by atoms with van der Waals surface area (Å²) in [6.45, 7) is 0.950. The fourth-order valence-corrected chi connectivity index (χ4v) is 3.18. The van der Waals surface area contributed by atoms with Crippen molar-refractivity contribution in [1.82, 2.24) is 0 Å².